The summed E-state index contributed by atoms with van der Waals surface area (Å²) in [7, 11) is 8.09. The van der Waals surface area contributed by atoms with E-state index in [0.717, 1.165) is 25.5 Å². The summed E-state index contributed by atoms with van der Waals surface area (Å²) in [5.74, 6) is 0. The first kappa shape index (κ1) is 36.1. The molecular formula is C20H50N2O10Si2. The Balaban J connectivity index is 0. The Hall–Kier alpha value is -0.0462. The summed E-state index contributed by atoms with van der Waals surface area (Å²) in [4.78, 5) is 0. The van der Waals surface area contributed by atoms with Crippen molar-refractivity contribution >= 4 is 17.6 Å². The standard InChI is InChI=1S/C10H25NO5Si.C9H20O5Si.CH5N/c1-11-8-10(12)9-16-6-5-7-17(13-2,14-3)15-4;1-10-15(11-2,12-3)6-4-5-13-7-9-8-14-9;1-2/h10-12H,5-9H2,1-4H3;9H,4-8H2,1-3H3;2H2,1H3. The van der Waals surface area contributed by atoms with Gasteiger partial charge in [0, 0.05) is 74.5 Å². The van der Waals surface area contributed by atoms with E-state index in [9.17, 15) is 5.11 Å². The average Bonchev–Trinajstić information content (AvgIpc) is 3.71. The molecule has 1 fully saturated rings. The fourth-order valence-electron chi connectivity index (χ4n) is 2.79. The van der Waals surface area contributed by atoms with Crippen molar-refractivity contribution in [3.05, 3.63) is 0 Å². The second-order valence-corrected chi connectivity index (χ2v) is 13.3. The molecule has 1 aliphatic heterocycles. The van der Waals surface area contributed by atoms with Crippen molar-refractivity contribution in [1.29, 1.82) is 0 Å². The van der Waals surface area contributed by atoms with E-state index in [0.29, 0.717) is 45.1 Å². The van der Waals surface area contributed by atoms with Gasteiger partial charge in [-0.3, -0.25) is 0 Å². The highest BCUT2D eigenvalue weighted by Gasteiger charge is 2.37. The van der Waals surface area contributed by atoms with Gasteiger partial charge in [0.25, 0.3) is 0 Å². The molecule has 208 valence electrons. The number of hydrogen-bond donors (Lipinski definition) is 3. The van der Waals surface area contributed by atoms with Crippen molar-refractivity contribution in [3.8, 4) is 0 Å². The molecule has 0 bridgehead atoms. The molecule has 0 radical (unpaired) electrons. The molecule has 0 saturated carbocycles. The zero-order valence-electron chi connectivity index (χ0n) is 22.4. The topological polar surface area (TPSA) is 145 Å². The number of nitrogens with two attached hydrogens (primary N) is 1. The van der Waals surface area contributed by atoms with E-state index in [-0.39, 0.29) is 0 Å². The lowest BCUT2D eigenvalue weighted by Crippen LogP contribution is -2.42. The van der Waals surface area contributed by atoms with Crippen LogP contribution in [0.3, 0.4) is 0 Å². The fraction of sp³-hybridized carbons (Fsp3) is 1.00. The summed E-state index contributed by atoms with van der Waals surface area (Å²) in [5, 5.41) is 12.3. The van der Waals surface area contributed by atoms with Crippen LogP contribution in [0.4, 0.5) is 0 Å². The number of nitrogens with one attached hydrogen (secondary N) is 1. The maximum Gasteiger partial charge on any atom is 0.500 e. The second-order valence-electron chi connectivity index (χ2n) is 7.11. The Labute approximate surface area is 208 Å². The van der Waals surface area contributed by atoms with Crippen LogP contribution in [0.25, 0.3) is 0 Å². The SMILES string of the molecule is CN.CNCC(O)COCCC[Si](OC)(OC)OC.CO[Si](CCCOCC1CO1)(OC)OC. The first-order valence-corrected chi connectivity index (χ1v) is 15.2. The van der Waals surface area contributed by atoms with Crippen LogP contribution in [0.1, 0.15) is 12.8 Å². The molecule has 14 heteroatoms. The first-order chi connectivity index (χ1) is 16.4. The van der Waals surface area contributed by atoms with Gasteiger partial charge in [0.1, 0.15) is 6.10 Å². The van der Waals surface area contributed by atoms with Gasteiger partial charge in [-0.15, -0.1) is 0 Å². The molecule has 2 unspecified atom stereocenters. The number of epoxide rings is 1. The summed E-state index contributed by atoms with van der Waals surface area (Å²) < 4.78 is 47.5. The number of ether oxygens (including phenoxy) is 3. The van der Waals surface area contributed by atoms with Gasteiger partial charge < -0.3 is 56.9 Å². The predicted octanol–water partition coefficient (Wildman–Crippen LogP) is 0.0964. The minimum absolute atomic E-state index is 0.333. The summed E-state index contributed by atoms with van der Waals surface area (Å²) >= 11 is 0. The van der Waals surface area contributed by atoms with Gasteiger partial charge in [-0.05, 0) is 26.9 Å². The van der Waals surface area contributed by atoms with Crippen LogP contribution in [-0.4, -0.2) is 131 Å². The molecular weight excluding hydrogens is 484 g/mol. The van der Waals surface area contributed by atoms with E-state index < -0.39 is 23.7 Å². The van der Waals surface area contributed by atoms with Crippen LogP contribution in [0.5, 0.6) is 0 Å². The third-order valence-corrected chi connectivity index (χ3v) is 10.5. The molecule has 1 aliphatic rings. The minimum Gasteiger partial charge on any atom is -0.389 e. The Morgan fingerprint density at radius 3 is 1.62 bits per heavy atom. The third-order valence-electron chi connectivity index (χ3n) is 4.87. The Kier molecular flexibility index (Phi) is 24.8. The van der Waals surface area contributed by atoms with Crippen molar-refractivity contribution in [2.24, 2.45) is 5.73 Å². The minimum atomic E-state index is -2.46. The first-order valence-electron chi connectivity index (χ1n) is 11.4. The normalized spacial score (nSPS) is 16.2. The van der Waals surface area contributed by atoms with Crippen molar-refractivity contribution in [2.75, 3.05) is 96.3 Å². The summed E-state index contributed by atoms with van der Waals surface area (Å²) in [6.45, 7) is 3.67. The number of likely N-dealkylation sites (N-methyl/N-ethyl adjacent to an activating group) is 1. The Morgan fingerprint density at radius 2 is 1.26 bits per heavy atom. The van der Waals surface area contributed by atoms with Gasteiger partial charge in [-0.1, -0.05) is 0 Å². The van der Waals surface area contributed by atoms with Crippen LogP contribution in [0.2, 0.25) is 12.1 Å². The number of rotatable bonds is 20. The van der Waals surface area contributed by atoms with E-state index >= 15 is 0 Å². The second kappa shape index (κ2) is 23.4. The van der Waals surface area contributed by atoms with Crippen LogP contribution >= 0.6 is 0 Å². The molecule has 0 aromatic carbocycles. The molecule has 0 amide bonds. The number of aliphatic hydroxyl groups excluding tert-OH is 1. The maximum absolute atomic E-state index is 9.39. The molecule has 2 atom stereocenters. The lowest BCUT2D eigenvalue weighted by Gasteiger charge is -2.24. The quantitative estimate of drug-likeness (QED) is 0.111. The molecule has 1 heterocycles. The monoisotopic (exact) mass is 534 g/mol. The number of aliphatic hydroxyl groups is 1. The van der Waals surface area contributed by atoms with Crippen LogP contribution in [0.15, 0.2) is 0 Å². The van der Waals surface area contributed by atoms with Gasteiger partial charge in [0.05, 0.1) is 25.9 Å². The molecule has 0 aromatic rings. The van der Waals surface area contributed by atoms with Gasteiger partial charge >= 0.3 is 17.6 Å². The van der Waals surface area contributed by atoms with Gasteiger partial charge in [0.15, 0.2) is 0 Å². The van der Waals surface area contributed by atoms with Crippen LogP contribution in [-0.2, 0) is 40.8 Å². The lowest BCUT2D eigenvalue weighted by molar-refractivity contribution is 0.0361. The predicted molar refractivity (Wildman–Crippen MR) is 134 cm³/mol. The van der Waals surface area contributed by atoms with E-state index in [1.165, 1.54) is 7.05 Å². The van der Waals surface area contributed by atoms with Gasteiger partial charge in [-0.25, -0.2) is 0 Å². The summed E-state index contributed by atoms with van der Waals surface area (Å²) in [5.41, 5.74) is 4.50. The molecule has 4 N–H and O–H groups in total. The Morgan fingerprint density at radius 1 is 0.853 bits per heavy atom. The largest absolute Gasteiger partial charge is 0.500 e. The molecule has 34 heavy (non-hydrogen) atoms. The van der Waals surface area contributed by atoms with Crippen molar-refractivity contribution in [3.63, 3.8) is 0 Å². The molecule has 1 saturated heterocycles. The maximum atomic E-state index is 9.39. The average molecular weight is 535 g/mol. The smallest absolute Gasteiger partial charge is 0.389 e. The highest BCUT2D eigenvalue weighted by Crippen LogP contribution is 2.16. The molecule has 0 spiro atoms. The molecule has 0 aromatic heterocycles. The van der Waals surface area contributed by atoms with E-state index in [4.69, 9.17) is 40.8 Å². The highest BCUT2D eigenvalue weighted by molar-refractivity contribution is 6.60. The van der Waals surface area contributed by atoms with Gasteiger partial charge in [0.2, 0.25) is 0 Å². The summed E-state index contributed by atoms with van der Waals surface area (Å²) in [6, 6.07) is 1.49. The Bertz CT molecular complexity index is 416. The fourth-order valence-corrected chi connectivity index (χ4v) is 6.17. The summed E-state index contributed by atoms with van der Waals surface area (Å²) in [6.07, 6.45) is 1.54. The lowest BCUT2D eigenvalue weighted by atomic mass is 10.4. The number of hydrogen-bond acceptors (Lipinski definition) is 12. The highest BCUT2D eigenvalue weighted by atomic mass is 28.4. The molecule has 0 aliphatic carbocycles. The van der Waals surface area contributed by atoms with Gasteiger partial charge in [-0.2, -0.15) is 0 Å². The van der Waals surface area contributed by atoms with Crippen LogP contribution < -0.4 is 11.1 Å². The zero-order chi connectivity index (χ0) is 26.3. The van der Waals surface area contributed by atoms with E-state index in [1.807, 2.05) is 0 Å². The van der Waals surface area contributed by atoms with Crippen molar-refractivity contribution < 1.29 is 45.9 Å². The van der Waals surface area contributed by atoms with Crippen molar-refractivity contribution in [1.82, 2.24) is 5.32 Å². The van der Waals surface area contributed by atoms with Crippen molar-refractivity contribution in [2.45, 2.75) is 37.1 Å². The zero-order valence-corrected chi connectivity index (χ0v) is 24.4. The molecule has 12 nitrogen and oxygen atoms in total. The molecule has 1 rings (SSSR count). The van der Waals surface area contributed by atoms with E-state index in [2.05, 4.69) is 11.1 Å². The third kappa shape index (κ3) is 17.4. The van der Waals surface area contributed by atoms with Crippen LogP contribution in [0, 0.1) is 0 Å². The van der Waals surface area contributed by atoms with E-state index in [1.54, 1.807) is 49.7 Å².